The summed E-state index contributed by atoms with van der Waals surface area (Å²) >= 11 is 1.15. The van der Waals surface area contributed by atoms with Gasteiger partial charge in [0.05, 0.1) is 9.82 Å². The number of hydrogen-bond donors (Lipinski definition) is 2. The van der Waals surface area contributed by atoms with Crippen molar-refractivity contribution >= 4 is 43.8 Å². The van der Waals surface area contributed by atoms with E-state index >= 15 is 0 Å². The van der Waals surface area contributed by atoms with Crippen LogP contribution >= 0.6 is 11.3 Å². The molecule has 1 aromatic heterocycles. The van der Waals surface area contributed by atoms with Crippen LogP contribution in [0.25, 0.3) is 0 Å². The van der Waals surface area contributed by atoms with Gasteiger partial charge < -0.3 is 10.1 Å². The first kappa shape index (κ1) is 21.2. The first-order valence-electron chi connectivity index (χ1n) is 8.49. The van der Waals surface area contributed by atoms with Crippen molar-refractivity contribution in [3.8, 4) is 5.75 Å². The van der Waals surface area contributed by atoms with Crippen molar-refractivity contribution in [1.29, 1.82) is 0 Å². The molecule has 0 saturated heterocycles. The average molecular weight is 448 g/mol. The molecule has 2 N–H and O–H groups in total. The van der Waals surface area contributed by atoms with Gasteiger partial charge in [0.2, 0.25) is 0 Å². The van der Waals surface area contributed by atoms with E-state index in [9.17, 15) is 23.3 Å². The van der Waals surface area contributed by atoms with E-state index in [1.54, 1.807) is 11.4 Å². The first-order chi connectivity index (χ1) is 14.3. The molecule has 0 fully saturated rings. The van der Waals surface area contributed by atoms with Gasteiger partial charge in [0, 0.05) is 23.3 Å². The van der Waals surface area contributed by atoms with E-state index in [-0.39, 0.29) is 21.5 Å². The molecular formula is C18H16N4O6S2. The lowest BCUT2D eigenvalue weighted by atomic mass is 10.2. The van der Waals surface area contributed by atoms with Crippen LogP contribution in [0.4, 0.5) is 16.5 Å². The number of thiazole rings is 1. The number of nitro groups is 1. The Labute approximate surface area is 175 Å². The van der Waals surface area contributed by atoms with Gasteiger partial charge in [0.25, 0.3) is 15.9 Å². The maximum Gasteiger partial charge on any atom is 0.310 e. The highest BCUT2D eigenvalue weighted by atomic mass is 32.2. The molecule has 0 aliphatic heterocycles. The SMILES string of the molecule is CC(Oc1ccccc1[N+](=O)[O-])C(=O)Nc1ccc(S(=O)(=O)Nc2nccs2)cc1. The van der Waals surface area contributed by atoms with Crippen molar-refractivity contribution < 1.29 is 22.9 Å². The Morgan fingerprint density at radius 1 is 1.20 bits per heavy atom. The van der Waals surface area contributed by atoms with Crippen LogP contribution in [0.2, 0.25) is 0 Å². The van der Waals surface area contributed by atoms with Gasteiger partial charge in [-0.3, -0.25) is 19.6 Å². The van der Waals surface area contributed by atoms with E-state index in [4.69, 9.17) is 4.74 Å². The zero-order valence-electron chi connectivity index (χ0n) is 15.5. The monoisotopic (exact) mass is 448 g/mol. The fraction of sp³-hybridized carbons (Fsp3) is 0.111. The number of anilines is 2. The molecule has 156 valence electrons. The summed E-state index contributed by atoms with van der Waals surface area (Å²) in [5.74, 6) is -0.579. The molecule has 10 nitrogen and oxygen atoms in total. The highest BCUT2D eigenvalue weighted by molar-refractivity contribution is 7.93. The predicted octanol–water partition coefficient (Wildman–Crippen LogP) is 3.26. The van der Waals surface area contributed by atoms with Gasteiger partial charge in [-0.25, -0.2) is 13.4 Å². The van der Waals surface area contributed by atoms with Crippen LogP contribution in [-0.2, 0) is 14.8 Å². The summed E-state index contributed by atoms with van der Waals surface area (Å²) in [5, 5.41) is 15.5. The minimum absolute atomic E-state index is 0.0000854. The van der Waals surface area contributed by atoms with Crippen LogP contribution in [0.5, 0.6) is 5.75 Å². The number of aromatic nitrogens is 1. The van der Waals surface area contributed by atoms with Crippen molar-refractivity contribution in [2.75, 3.05) is 10.0 Å². The fourth-order valence-electron chi connectivity index (χ4n) is 2.36. The molecule has 1 heterocycles. The van der Waals surface area contributed by atoms with Gasteiger partial charge in [-0.1, -0.05) is 12.1 Å². The highest BCUT2D eigenvalue weighted by Gasteiger charge is 2.21. The van der Waals surface area contributed by atoms with Crippen LogP contribution in [0, 0.1) is 10.1 Å². The summed E-state index contributed by atoms with van der Waals surface area (Å²) < 4.78 is 32.4. The van der Waals surface area contributed by atoms with Crippen LogP contribution in [0.1, 0.15) is 6.92 Å². The average Bonchev–Trinajstić information content (AvgIpc) is 3.21. The van der Waals surface area contributed by atoms with Crippen LogP contribution < -0.4 is 14.8 Å². The summed E-state index contributed by atoms with van der Waals surface area (Å²) in [7, 11) is -3.80. The van der Waals surface area contributed by atoms with E-state index in [0.29, 0.717) is 5.69 Å². The number of nitrogens with one attached hydrogen (secondary N) is 2. The minimum atomic E-state index is -3.80. The molecular weight excluding hydrogens is 432 g/mol. The Morgan fingerprint density at radius 3 is 2.53 bits per heavy atom. The van der Waals surface area contributed by atoms with Gasteiger partial charge in [-0.05, 0) is 37.3 Å². The lowest BCUT2D eigenvalue weighted by Gasteiger charge is -2.15. The molecule has 3 aromatic rings. The fourth-order valence-corrected chi connectivity index (χ4v) is 4.15. The van der Waals surface area contributed by atoms with Crippen LogP contribution in [0.15, 0.2) is 65.0 Å². The zero-order chi connectivity index (χ0) is 21.7. The standard InChI is InChI=1S/C18H16N4O6S2/c1-12(28-16-5-3-2-4-15(16)22(24)25)17(23)20-13-6-8-14(9-7-13)30(26,27)21-18-19-10-11-29-18/h2-12H,1H3,(H,19,21)(H,20,23). The number of para-hydroxylation sites is 2. The van der Waals surface area contributed by atoms with Gasteiger partial charge in [-0.15, -0.1) is 11.3 Å². The van der Waals surface area contributed by atoms with Gasteiger partial charge in [-0.2, -0.15) is 0 Å². The van der Waals surface area contributed by atoms with Crippen molar-refractivity contribution in [2.24, 2.45) is 0 Å². The van der Waals surface area contributed by atoms with E-state index in [0.717, 1.165) is 11.3 Å². The smallest absolute Gasteiger partial charge is 0.310 e. The van der Waals surface area contributed by atoms with Crippen LogP contribution in [0.3, 0.4) is 0 Å². The van der Waals surface area contributed by atoms with Crippen molar-refractivity contribution in [1.82, 2.24) is 4.98 Å². The number of nitro benzene ring substituents is 1. The largest absolute Gasteiger partial charge is 0.474 e. The molecule has 3 rings (SSSR count). The molecule has 1 unspecified atom stereocenters. The lowest BCUT2D eigenvalue weighted by Crippen LogP contribution is -2.30. The minimum Gasteiger partial charge on any atom is -0.474 e. The quantitative estimate of drug-likeness (QED) is 0.398. The normalized spacial score (nSPS) is 12.0. The number of carbonyl (C=O) groups is 1. The lowest BCUT2D eigenvalue weighted by molar-refractivity contribution is -0.386. The summed E-state index contributed by atoms with van der Waals surface area (Å²) in [5.41, 5.74) is 0.0886. The summed E-state index contributed by atoms with van der Waals surface area (Å²) in [6, 6.07) is 11.2. The Morgan fingerprint density at radius 2 is 1.90 bits per heavy atom. The molecule has 0 spiro atoms. The van der Waals surface area contributed by atoms with Crippen LogP contribution in [-0.4, -0.2) is 30.3 Å². The Hall–Kier alpha value is -3.51. The second-order valence-electron chi connectivity index (χ2n) is 5.94. The maximum absolute atomic E-state index is 12.3. The molecule has 1 amide bonds. The number of amides is 1. The summed E-state index contributed by atoms with van der Waals surface area (Å²) in [4.78, 5) is 26.7. The van der Waals surface area contributed by atoms with Crippen molar-refractivity contribution in [3.63, 3.8) is 0 Å². The summed E-state index contributed by atoms with van der Waals surface area (Å²) in [6.45, 7) is 1.45. The molecule has 12 heteroatoms. The van der Waals surface area contributed by atoms with E-state index in [2.05, 4.69) is 15.0 Å². The molecule has 0 bridgehead atoms. The number of benzene rings is 2. The molecule has 30 heavy (non-hydrogen) atoms. The molecule has 0 saturated carbocycles. The highest BCUT2D eigenvalue weighted by Crippen LogP contribution is 2.27. The molecule has 1 atom stereocenters. The summed E-state index contributed by atoms with van der Waals surface area (Å²) in [6.07, 6.45) is 0.454. The van der Waals surface area contributed by atoms with E-state index in [1.165, 1.54) is 55.6 Å². The Kier molecular flexibility index (Phi) is 6.28. The van der Waals surface area contributed by atoms with Gasteiger partial charge in [0.15, 0.2) is 17.0 Å². The van der Waals surface area contributed by atoms with E-state index in [1.807, 2.05) is 0 Å². The number of rotatable bonds is 8. The first-order valence-corrected chi connectivity index (χ1v) is 10.9. The third-order valence-corrected chi connectivity index (χ3v) is 5.99. The molecule has 0 radical (unpaired) electrons. The van der Waals surface area contributed by atoms with Crippen molar-refractivity contribution in [3.05, 3.63) is 70.2 Å². The topological polar surface area (TPSA) is 141 Å². The second kappa shape index (κ2) is 8.88. The third kappa shape index (κ3) is 5.10. The number of hydrogen-bond acceptors (Lipinski definition) is 8. The number of ether oxygens (including phenoxy) is 1. The molecule has 0 aliphatic carbocycles. The Bertz CT molecular complexity index is 1150. The zero-order valence-corrected chi connectivity index (χ0v) is 17.1. The van der Waals surface area contributed by atoms with E-state index < -0.39 is 27.0 Å². The second-order valence-corrected chi connectivity index (χ2v) is 8.52. The molecule has 2 aromatic carbocycles. The number of sulfonamides is 1. The van der Waals surface area contributed by atoms with Crippen molar-refractivity contribution in [2.45, 2.75) is 17.9 Å². The molecule has 0 aliphatic rings. The predicted molar refractivity (Wildman–Crippen MR) is 111 cm³/mol. The van der Waals surface area contributed by atoms with Gasteiger partial charge >= 0.3 is 5.69 Å². The number of nitrogens with zero attached hydrogens (tertiary/aromatic N) is 2. The van der Waals surface area contributed by atoms with Gasteiger partial charge in [0.1, 0.15) is 0 Å². The third-order valence-electron chi connectivity index (χ3n) is 3.82. The Balaban J connectivity index is 1.65. The maximum atomic E-state index is 12.3. The number of carbonyl (C=O) groups excluding carboxylic acids is 1.